The molecule has 0 spiro atoms. The molecule has 1 aliphatic heterocycles. The van der Waals surface area contributed by atoms with Gasteiger partial charge in [-0.1, -0.05) is 0 Å². The molecule has 1 amide bonds. The lowest BCUT2D eigenvalue weighted by Crippen LogP contribution is -2.41. The highest BCUT2D eigenvalue weighted by Crippen LogP contribution is 2.34. The summed E-state index contributed by atoms with van der Waals surface area (Å²) in [4.78, 5) is 24.2. The first kappa shape index (κ1) is 18.5. The van der Waals surface area contributed by atoms with Crippen molar-refractivity contribution in [2.24, 2.45) is 0 Å². The molecular weight excluding hydrogens is 357 g/mol. The first-order chi connectivity index (χ1) is 12.8. The van der Waals surface area contributed by atoms with Crippen LogP contribution in [0.25, 0.3) is 0 Å². The van der Waals surface area contributed by atoms with Crippen LogP contribution >= 0.6 is 0 Å². The Bertz CT molecular complexity index is 850. The lowest BCUT2D eigenvalue weighted by Gasteiger charge is -2.24. The van der Waals surface area contributed by atoms with Gasteiger partial charge in [-0.3, -0.25) is 4.79 Å². The van der Waals surface area contributed by atoms with Crippen molar-refractivity contribution in [2.45, 2.75) is 19.4 Å². The van der Waals surface area contributed by atoms with Crippen LogP contribution < -0.4 is 19.5 Å². The standard InChI is InChI=1S/C19H18FNO6/c1-19(2,27-14-6-3-12(20)4-7-14)18(23)24-10-17(22)21-13-5-8-15-16(9-13)26-11-25-15/h3-9H,10-11H2,1-2H3,(H,21,22). The van der Waals surface area contributed by atoms with Gasteiger partial charge in [-0.15, -0.1) is 0 Å². The average Bonchev–Trinajstić information content (AvgIpc) is 3.09. The summed E-state index contributed by atoms with van der Waals surface area (Å²) in [6.07, 6.45) is 0. The van der Waals surface area contributed by atoms with E-state index in [2.05, 4.69) is 5.32 Å². The van der Waals surface area contributed by atoms with Crippen LogP contribution in [0.2, 0.25) is 0 Å². The van der Waals surface area contributed by atoms with Gasteiger partial charge in [-0.2, -0.15) is 0 Å². The number of benzene rings is 2. The zero-order chi connectivity index (χ0) is 19.4. The van der Waals surface area contributed by atoms with E-state index in [1.165, 1.54) is 38.1 Å². The van der Waals surface area contributed by atoms with Crippen molar-refractivity contribution in [3.63, 3.8) is 0 Å². The number of hydrogen-bond acceptors (Lipinski definition) is 6. The van der Waals surface area contributed by atoms with Crippen LogP contribution in [-0.4, -0.2) is 30.9 Å². The van der Waals surface area contributed by atoms with Crippen LogP contribution in [0.1, 0.15) is 13.8 Å². The average molecular weight is 375 g/mol. The fourth-order valence-electron chi connectivity index (χ4n) is 2.32. The first-order valence-corrected chi connectivity index (χ1v) is 8.15. The molecule has 0 saturated heterocycles. The van der Waals surface area contributed by atoms with E-state index in [4.69, 9.17) is 18.9 Å². The summed E-state index contributed by atoms with van der Waals surface area (Å²) in [6, 6.07) is 10.2. The molecule has 2 aromatic rings. The Morgan fingerprint density at radius 1 is 1.11 bits per heavy atom. The quantitative estimate of drug-likeness (QED) is 0.782. The molecule has 0 fully saturated rings. The number of hydrogen-bond donors (Lipinski definition) is 1. The zero-order valence-electron chi connectivity index (χ0n) is 14.8. The van der Waals surface area contributed by atoms with E-state index < -0.39 is 29.9 Å². The second-order valence-corrected chi connectivity index (χ2v) is 6.26. The van der Waals surface area contributed by atoms with Crippen molar-refractivity contribution < 1.29 is 32.9 Å². The molecule has 1 N–H and O–H groups in total. The highest BCUT2D eigenvalue weighted by molar-refractivity contribution is 5.93. The van der Waals surface area contributed by atoms with Crippen LogP contribution in [0.15, 0.2) is 42.5 Å². The van der Waals surface area contributed by atoms with Gasteiger partial charge in [0.25, 0.3) is 5.91 Å². The van der Waals surface area contributed by atoms with Crippen molar-refractivity contribution in [1.82, 2.24) is 0 Å². The van der Waals surface area contributed by atoms with Gasteiger partial charge >= 0.3 is 5.97 Å². The largest absolute Gasteiger partial charge is 0.476 e. The topological polar surface area (TPSA) is 83.1 Å². The number of halogens is 1. The molecule has 0 aromatic heterocycles. The van der Waals surface area contributed by atoms with Gasteiger partial charge in [0, 0.05) is 11.8 Å². The molecule has 0 saturated carbocycles. The third-order valence-corrected chi connectivity index (χ3v) is 3.67. The predicted molar refractivity (Wildman–Crippen MR) is 93.3 cm³/mol. The van der Waals surface area contributed by atoms with Crippen molar-refractivity contribution in [3.05, 3.63) is 48.3 Å². The zero-order valence-corrected chi connectivity index (χ0v) is 14.8. The highest BCUT2D eigenvalue weighted by atomic mass is 19.1. The predicted octanol–water partition coefficient (Wildman–Crippen LogP) is 2.89. The molecule has 0 bridgehead atoms. The van der Waals surface area contributed by atoms with Crippen LogP contribution in [0.4, 0.5) is 10.1 Å². The maximum atomic E-state index is 12.9. The lowest BCUT2D eigenvalue weighted by atomic mass is 10.1. The molecule has 0 unspecified atom stereocenters. The number of esters is 1. The lowest BCUT2D eigenvalue weighted by molar-refractivity contribution is -0.161. The summed E-state index contributed by atoms with van der Waals surface area (Å²) >= 11 is 0. The SMILES string of the molecule is CC(C)(Oc1ccc(F)cc1)C(=O)OCC(=O)Nc1ccc2c(c1)OCO2. The summed E-state index contributed by atoms with van der Waals surface area (Å²) in [5, 5.41) is 2.60. The number of fused-ring (bicyclic) bond motifs is 1. The number of anilines is 1. The van der Waals surface area contributed by atoms with Crippen LogP contribution in [0.5, 0.6) is 17.2 Å². The van der Waals surface area contributed by atoms with Crippen molar-refractivity contribution in [1.29, 1.82) is 0 Å². The molecule has 0 aliphatic carbocycles. The van der Waals surface area contributed by atoms with Gasteiger partial charge in [-0.05, 0) is 50.2 Å². The summed E-state index contributed by atoms with van der Waals surface area (Å²) in [5.74, 6) is -0.226. The summed E-state index contributed by atoms with van der Waals surface area (Å²) in [7, 11) is 0. The second kappa shape index (κ2) is 7.53. The molecule has 27 heavy (non-hydrogen) atoms. The smallest absolute Gasteiger partial charge is 0.350 e. The Morgan fingerprint density at radius 2 is 1.81 bits per heavy atom. The van der Waals surface area contributed by atoms with Crippen LogP contribution in [-0.2, 0) is 14.3 Å². The van der Waals surface area contributed by atoms with Gasteiger partial charge < -0.3 is 24.3 Å². The normalized spacial score (nSPS) is 12.4. The van der Waals surface area contributed by atoms with E-state index in [1.54, 1.807) is 18.2 Å². The van der Waals surface area contributed by atoms with E-state index in [9.17, 15) is 14.0 Å². The van der Waals surface area contributed by atoms with Gasteiger partial charge in [0.1, 0.15) is 11.6 Å². The minimum Gasteiger partial charge on any atom is -0.476 e. The Hall–Kier alpha value is -3.29. The third kappa shape index (κ3) is 4.66. The fourth-order valence-corrected chi connectivity index (χ4v) is 2.32. The van der Waals surface area contributed by atoms with Crippen LogP contribution in [0.3, 0.4) is 0 Å². The molecule has 3 rings (SSSR count). The summed E-state index contributed by atoms with van der Waals surface area (Å²) in [6.45, 7) is 2.64. The number of carbonyl (C=O) groups is 2. The van der Waals surface area contributed by atoms with Crippen molar-refractivity contribution in [2.75, 3.05) is 18.7 Å². The maximum Gasteiger partial charge on any atom is 0.350 e. The maximum absolute atomic E-state index is 12.9. The molecule has 0 atom stereocenters. The highest BCUT2D eigenvalue weighted by Gasteiger charge is 2.32. The molecule has 1 aliphatic rings. The molecule has 7 nitrogen and oxygen atoms in total. The van der Waals surface area contributed by atoms with Gasteiger partial charge in [0.15, 0.2) is 23.7 Å². The molecule has 142 valence electrons. The number of rotatable bonds is 6. The van der Waals surface area contributed by atoms with Gasteiger partial charge in [0.2, 0.25) is 6.79 Å². The summed E-state index contributed by atoms with van der Waals surface area (Å²) < 4.78 is 33.9. The number of carbonyl (C=O) groups excluding carboxylic acids is 2. The van der Waals surface area contributed by atoms with Gasteiger partial charge in [0.05, 0.1) is 0 Å². The molecule has 2 aromatic carbocycles. The fraction of sp³-hybridized carbons (Fsp3) is 0.263. The second-order valence-electron chi connectivity index (χ2n) is 6.26. The molecule has 1 heterocycles. The minimum absolute atomic E-state index is 0.132. The molecular formula is C19H18FNO6. The summed E-state index contributed by atoms with van der Waals surface area (Å²) in [5.41, 5.74) is -0.862. The van der Waals surface area contributed by atoms with E-state index in [0.717, 1.165) is 0 Å². The molecule has 0 radical (unpaired) electrons. The van der Waals surface area contributed by atoms with E-state index >= 15 is 0 Å². The number of ether oxygens (including phenoxy) is 4. The Morgan fingerprint density at radius 3 is 2.56 bits per heavy atom. The van der Waals surface area contributed by atoms with E-state index in [-0.39, 0.29) is 6.79 Å². The number of amides is 1. The number of nitrogens with one attached hydrogen (secondary N) is 1. The van der Waals surface area contributed by atoms with Gasteiger partial charge in [-0.25, -0.2) is 9.18 Å². The monoisotopic (exact) mass is 375 g/mol. The van der Waals surface area contributed by atoms with E-state index in [1.807, 2.05) is 0 Å². The van der Waals surface area contributed by atoms with Crippen molar-refractivity contribution in [3.8, 4) is 17.2 Å². The Kier molecular flexibility index (Phi) is 5.16. The Labute approximate surface area is 155 Å². The first-order valence-electron chi connectivity index (χ1n) is 8.15. The molecule has 8 heteroatoms. The third-order valence-electron chi connectivity index (χ3n) is 3.67. The van der Waals surface area contributed by atoms with Crippen LogP contribution in [0, 0.1) is 5.82 Å². The van der Waals surface area contributed by atoms with E-state index in [0.29, 0.717) is 22.9 Å². The Balaban J connectivity index is 1.51. The minimum atomic E-state index is -1.35. The van der Waals surface area contributed by atoms with Crippen molar-refractivity contribution >= 4 is 17.6 Å².